The summed E-state index contributed by atoms with van der Waals surface area (Å²) < 4.78 is 4.19. The van der Waals surface area contributed by atoms with Crippen LogP contribution in [-0.4, -0.2) is 39.0 Å². The Labute approximate surface area is 226 Å². The van der Waals surface area contributed by atoms with Crippen LogP contribution in [0.15, 0.2) is 109 Å². The largest absolute Gasteiger partial charge is 0.276 e. The molecule has 0 N–H and O–H groups in total. The Morgan fingerprint density at radius 3 is 1.38 bits per heavy atom. The number of para-hydroxylation sites is 2. The van der Waals surface area contributed by atoms with E-state index < -0.39 is 0 Å². The minimum Gasteiger partial charge on any atom is -0.276 e. The van der Waals surface area contributed by atoms with Crippen molar-refractivity contribution in [2.75, 3.05) is 0 Å². The Morgan fingerprint density at radius 1 is 0.400 bits per heavy atom. The van der Waals surface area contributed by atoms with Gasteiger partial charge < -0.3 is 0 Å². The number of rotatable bonds is 2. The average molecular weight is 515 g/mol. The third kappa shape index (κ3) is 2.90. The highest BCUT2D eigenvalue weighted by Crippen LogP contribution is 2.35. The second-order valence-electron chi connectivity index (χ2n) is 9.70. The van der Waals surface area contributed by atoms with Crippen molar-refractivity contribution in [1.82, 2.24) is 39.0 Å². The van der Waals surface area contributed by atoms with Crippen molar-refractivity contribution in [2.45, 2.75) is 0 Å². The van der Waals surface area contributed by atoms with Gasteiger partial charge in [0.2, 0.25) is 0 Å². The molecule has 0 aliphatic rings. The molecule has 0 saturated carbocycles. The van der Waals surface area contributed by atoms with Crippen molar-refractivity contribution in [3.8, 4) is 11.6 Å². The summed E-state index contributed by atoms with van der Waals surface area (Å²) in [4.78, 5) is 29.4. The molecule has 0 radical (unpaired) electrons. The summed E-state index contributed by atoms with van der Waals surface area (Å²) in [7, 11) is 0. The molecule has 40 heavy (non-hydrogen) atoms. The van der Waals surface area contributed by atoms with Gasteiger partial charge in [0, 0.05) is 23.2 Å². The van der Waals surface area contributed by atoms with E-state index in [1.165, 1.54) is 0 Å². The molecule has 7 aromatic heterocycles. The minimum atomic E-state index is 0.753. The van der Waals surface area contributed by atoms with E-state index >= 15 is 0 Å². The third-order valence-corrected chi connectivity index (χ3v) is 7.42. The van der Waals surface area contributed by atoms with E-state index in [2.05, 4.69) is 43.4 Å². The van der Waals surface area contributed by atoms with Crippen LogP contribution in [0.3, 0.4) is 0 Å². The SMILES string of the molecule is c1cnc2ccc(-n3c4ccccc4c4nc5c(nc43)c3ccccc3n5-c3ccc4ncccc4n3)nc2c1. The predicted octanol–water partition coefficient (Wildman–Crippen LogP) is 6.56. The number of aromatic nitrogens is 8. The van der Waals surface area contributed by atoms with E-state index in [0.29, 0.717) is 0 Å². The molecule has 8 heteroatoms. The van der Waals surface area contributed by atoms with E-state index in [0.717, 1.165) is 77.8 Å². The number of nitrogens with zero attached hydrogens (tertiary/aromatic N) is 8. The second kappa shape index (κ2) is 7.87. The summed E-state index contributed by atoms with van der Waals surface area (Å²) in [6, 6.07) is 32.2. The molecule has 2 aromatic carbocycles. The van der Waals surface area contributed by atoms with Crippen molar-refractivity contribution in [3.05, 3.63) is 109 Å². The second-order valence-corrected chi connectivity index (χ2v) is 9.70. The van der Waals surface area contributed by atoms with Crippen LogP contribution in [-0.2, 0) is 0 Å². The van der Waals surface area contributed by atoms with Crippen LogP contribution in [0.25, 0.3) is 77.8 Å². The Morgan fingerprint density at radius 2 is 0.875 bits per heavy atom. The zero-order valence-electron chi connectivity index (χ0n) is 21.0. The summed E-state index contributed by atoms with van der Waals surface area (Å²) in [5.74, 6) is 1.54. The molecule has 0 aliphatic carbocycles. The van der Waals surface area contributed by atoms with Gasteiger partial charge in [0.1, 0.15) is 22.7 Å². The van der Waals surface area contributed by atoms with Gasteiger partial charge in [-0.3, -0.25) is 19.1 Å². The van der Waals surface area contributed by atoms with E-state index in [4.69, 9.17) is 19.9 Å². The summed E-state index contributed by atoms with van der Waals surface area (Å²) in [6.45, 7) is 0. The monoisotopic (exact) mass is 514 g/mol. The zero-order valence-corrected chi connectivity index (χ0v) is 21.0. The molecule has 0 spiro atoms. The topological polar surface area (TPSA) is 87.2 Å². The predicted molar refractivity (Wildman–Crippen MR) is 157 cm³/mol. The number of hydrogen-bond donors (Lipinski definition) is 0. The van der Waals surface area contributed by atoms with Crippen LogP contribution in [0.5, 0.6) is 0 Å². The lowest BCUT2D eigenvalue weighted by Crippen LogP contribution is -2.01. The molecule has 0 atom stereocenters. The van der Waals surface area contributed by atoms with Gasteiger partial charge >= 0.3 is 0 Å². The molecule has 0 fully saturated rings. The molecule has 7 heterocycles. The Hall–Kier alpha value is -5.76. The minimum absolute atomic E-state index is 0.753. The number of pyridine rings is 4. The van der Waals surface area contributed by atoms with Gasteiger partial charge in [0.15, 0.2) is 11.3 Å². The zero-order chi connectivity index (χ0) is 26.2. The fraction of sp³-hybridized carbons (Fsp3) is 0. The number of hydrogen-bond acceptors (Lipinski definition) is 6. The molecule has 0 amide bonds. The number of fused-ring (bicyclic) bond motifs is 8. The quantitative estimate of drug-likeness (QED) is 0.260. The first kappa shape index (κ1) is 21.2. The van der Waals surface area contributed by atoms with Crippen molar-refractivity contribution >= 4 is 66.2 Å². The maximum absolute atomic E-state index is 5.29. The third-order valence-electron chi connectivity index (χ3n) is 7.42. The van der Waals surface area contributed by atoms with Crippen molar-refractivity contribution in [1.29, 1.82) is 0 Å². The van der Waals surface area contributed by atoms with Crippen LogP contribution in [0.1, 0.15) is 0 Å². The lowest BCUT2D eigenvalue weighted by atomic mass is 10.2. The van der Waals surface area contributed by atoms with E-state index in [1.807, 2.05) is 72.8 Å². The molecule has 186 valence electrons. The van der Waals surface area contributed by atoms with Crippen molar-refractivity contribution < 1.29 is 0 Å². The molecule has 9 rings (SSSR count). The van der Waals surface area contributed by atoms with E-state index in [-0.39, 0.29) is 0 Å². The maximum Gasteiger partial charge on any atom is 0.166 e. The van der Waals surface area contributed by atoms with Crippen LogP contribution in [0.2, 0.25) is 0 Å². The van der Waals surface area contributed by atoms with Gasteiger partial charge in [-0.2, -0.15) is 0 Å². The van der Waals surface area contributed by atoms with Crippen LogP contribution in [0.4, 0.5) is 0 Å². The fourth-order valence-electron chi connectivity index (χ4n) is 5.66. The van der Waals surface area contributed by atoms with Gasteiger partial charge in [0.25, 0.3) is 0 Å². The van der Waals surface area contributed by atoms with E-state index in [1.54, 1.807) is 12.4 Å². The Kier molecular flexibility index (Phi) is 4.17. The van der Waals surface area contributed by atoms with Gasteiger partial charge in [-0.05, 0) is 60.7 Å². The highest BCUT2D eigenvalue weighted by atomic mass is 15.2. The smallest absolute Gasteiger partial charge is 0.166 e. The molecular weight excluding hydrogens is 496 g/mol. The lowest BCUT2D eigenvalue weighted by Gasteiger charge is -2.08. The summed E-state index contributed by atoms with van der Waals surface area (Å²) in [5, 5.41) is 2.01. The van der Waals surface area contributed by atoms with Crippen LogP contribution in [0, 0.1) is 0 Å². The highest BCUT2D eigenvalue weighted by Gasteiger charge is 2.21. The standard InChI is InChI=1S/C32H18N8/c1-3-11-25-19(7-1)29-31(39(25)27-15-13-21-23(35-27)9-5-17-33-21)38-30-20-8-2-4-12-26(20)40(32(30)37-29)28-16-14-22-24(36-28)10-6-18-34-22/h1-18H. The van der Waals surface area contributed by atoms with Gasteiger partial charge in [-0.15, -0.1) is 0 Å². The molecule has 0 saturated heterocycles. The van der Waals surface area contributed by atoms with E-state index in [9.17, 15) is 0 Å². The molecule has 0 aliphatic heterocycles. The van der Waals surface area contributed by atoms with Gasteiger partial charge in [0.05, 0.1) is 33.1 Å². The molecule has 8 nitrogen and oxygen atoms in total. The lowest BCUT2D eigenvalue weighted by molar-refractivity contribution is 1.06. The van der Waals surface area contributed by atoms with Crippen LogP contribution < -0.4 is 0 Å². The van der Waals surface area contributed by atoms with Crippen molar-refractivity contribution in [2.24, 2.45) is 0 Å². The maximum atomic E-state index is 5.29. The van der Waals surface area contributed by atoms with Gasteiger partial charge in [-0.1, -0.05) is 36.4 Å². The number of benzene rings is 2. The molecule has 0 unspecified atom stereocenters. The normalized spacial score (nSPS) is 12.0. The Bertz CT molecular complexity index is 2280. The fourth-order valence-corrected chi connectivity index (χ4v) is 5.66. The summed E-state index contributed by atoms with van der Waals surface area (Å²) >= 11 is 0. The molecule has 9 aromatic rings. The first-order chi connectivity index (χ1) is 19.8. The summed E-state index contributed by atoms with van der Waals surface area (Å²) in [6.07, 6.45) is 3.56. The van der Waals surface area contributed by atoms with Crippen LogP contribution >= 0.6 is 0 Å². The average Bonchev–Trinajstić information content (AvgIpc) is 3.51. The highest BCUT2D eigenvalue weighted by molar-refractivity contribution is 6.12. The van der Waals surface area contributed by atoms with Gasteiger partial charge in [-0.25, -0.2) is 19.9 Å². The molecular formula is C32H18N8. The first-order valence-corrected chi connectivity index (χ1v) is 13.0. The summed E-state index contributed by atoms with van der Waals surface area (Å²) in [5.41, 5.74) is 8.46. The van der Waals surface area contributed by atoms with Crippen molar-refractivity contribution in [3.63, 3.8) is 0 Å². The first-order valence-electron chi connectivity index (χ1n) is 13.0. The Balaban J connectivity index is 1.41. The molecule has 0 bridgehead atoms.